The second kappa shape index (κ2) is 8.02. The average molecular weight is 330 g/mol. The van der Waals surface area contributed by atoms with Crippen molar-refractivity contribution in [2.45, 2.75) is 45.8 Å². The van der Waals surface area contributed by atoms with Crippen LogP contribution in [-0.4, -0.2) is 48.1 Å². The first-order valence-corrected chi connectivity index (χ1v) is 9.33. The van der Waals surface area contributed by atoms with E-state index in [2.05, 4.69) is 18.7 Å². The Balaban J connectivity index is 1.48. The van der Waals surface area contributed by atoms with Crippen molar-refractivity contribution in [3.8, 4) is 0 Å². The lowest BCUT2D eigenvalue weighted by Gasteiger charge is -2.44. The number of benzene rings is 1. The number of rotatable bonds is 3. The summed E-state index contributed by atoms with van der Waals surface area (Å²) in [7, 11) is 0. The van der Waals surface area contributed by atoms with Crippen molar-refractivity contribution >= 4 is 6.09 Å². The minimum Gasteiger partial charge on any atom is -0.445 e. The number of likely N-dealkylation sites (tertiary alicyclic amines) is 2. The summed E-state index contributed by atoms with van der Waals surface area (Å²) in [5.74, 6) is 1.31. The third-order valence-corrected chi connectivity index (χ3v) is 5.48. The van der Waals surface area contributed by atoms with Crippen molar-refractivity contribution in [2.75, 3.05) is 26.2 Å². The Morgan fingerprint density at radius 2 is 1.92 bits per heavy atom. The van der Waals surface area contributed by atoms with E-state index >= 15 is 0 Å². The van der Waals surface area contributed by atoms with Gasteiger partial charge in [-0.15, -0.1) is 0 Å². The molecule has 2 aliphatic heterocycles. The molecule has 0 spiro atoms. The van der Waals surface area contributed by atoms with Crippen LogP contribution in [0.1, 0.15) is 38.7 Å². The normalized spacial score (nSPS) is 28.6. The molecule has 2 heterocycles. The van der Waals surface area contributed by atoms with Crippen LogP contribution in [0, 0.1) is 11.8 Å². The summed E-state index contributed by atoms with van der Waals surface area (Å²) in [6.07, 6.45) is 3.56. The fourth-order valence-corrected chi connectivity index (χ4v) is 4.18. The molecule has 132 valence electrons. The Bertz CT molecular complexity index is 534. The largest absolute Gasteiger partial charge is 0.445 e. The van der Waals surface area contributed by atoms with Gasteiger partial charge in [-0.05, 0) is 43.2 Å². The zero-order valence-electron chi connectivity index (χ0n) is 15.0. The van der Waals surface area contributed by atoms with E-state index in [1.54, 1.807) is 0 Å². The summed E-state index contributed by atoms with van der Waals surface area (Å²) in [5.41, 5.74) is 1.04. The molecule has 24 heavy (non-hydrogen) atoms. The highest BCUT2D eigenvalue weighted by molar-refractivity contribution is 5.67. The molecule has 4 heteroatoms. The Hall–Kier alpha value is -1.55. The van der Waals surface area contributed by atoms with Crippen LogP contribution in [0.2, 0.25) is 0 Å². The molecule has 2 unspecified atom stereocenters. The summed E-state index contributed by atoms with van der Waals surface area (Å²) in [6, 6.07) is 10.5. The third-order valence-electron chi connectivity index (χ3n) is 5.48. The Morgan fingerprint density at radius 3 is 2.62 bits per heavy atom. The van der Waals surface area contributed by atoms with Gasteiger partial charge in [0.25, 0.3) is 0 Å². The number of hydrogen-bond donors (Lipinski definition) is 0. The number of amides is 1. The summed E-state index contributed by atoms with van der Waals surface area (Å²) in [6.45, 7) is 9.05. The number of carbonyl (C=O) groups excluding carboxylic acids is 1. The monoisotopic (exact) mass is 330 g/mol. The van der Waals surface area contributed by atoms with Gasteiger partial charge in [-0.3, -0.25) is 4.90 Å². The van der Waals surface area contributed by atoms with Crippen LogP contribution in [0.25, 0.3) is 0 Å². The predicted octanol–water partition coefficient (Wildman–Crippen LogP) is 3.77. The fraction of sp³-hybridized carbons (Fsp3) is 0.650. The topological polar surface area (TPSA) is 32.8 Å². The molecule has 2 aliphatic rings. The fourth-order valence-electron chi connectivity index (χ4n) is 4.18. The average Bonchev–Trinajstić information content (AvgIpc) is 2.60. The summed E-state index contributed by atoms with van der Waals surface area (Å²) in [4.78, 5) is 16.9. The van der Waals surface area contributed by atoms with Gasteiger partial charge in [-0.25, -0.2) is 4.79 Å². The second-order valence-corrected chi connectivity index (χ2v) is 7.56. The lowest BCUT2D eigenvalue weighted by Crippen LogP contribution is -2.53. The van der Waals surface area contributed by atoms with Gasteiger partial charge in [0.15, 0.2) is 0 Å². The van der Waals surface area contributed by atoms with E-state index < -0.39 is 0 Å². The summed E-state index contributed by atoms with van der Waals surface area (Å²) in [5, 5.41) is 0. The first-order valence-electron chi connectivity index (χ1n) is 9.33. The zero-order chi connectivity index (χ0) is 16.9. The van der Waals surface area contributed by atoms with Crippen molar-refractivity contribution in [1.29, 1.82) is 0 Å². The SMILES string of the molecule is CC1CN(C(=O)OCc2ccccc2)CCC1N1CCC[C@@H](C)C1. The molecular weight excluding hydrogens is 300 g/mol. The van der Waals surface area contributed by atoms with Crippen molar-refractivity contribution in [2.24, 2.45) is 11.8 Å². The molecular formula is C20H30N2O2. The molecule has 2 saturated heterocycles. The Morgan fingerprint density at radius 1 is 1.12 bits per heavy atom. The highest BCUT2D eigenvalue weighted by Crippen LogP contribution is 2.27. The number of ether oxygens (including phenoxy) is 1. The minimum absolute atomic E-state index is 0.170. The van der Waals surface area contributed by atoms with Gasteiger partial charge in [0.05, 0.1) is 0 Å². The van der Waals surface area contributed by atoms with E-state index in [-0.39, 0.29) is 6.09 Å². The lowest BCUT2D eigenvalue weighted by molar-refractivity contribution is 0.0289. The number of piperidine rings is 2. The molecule has 3 atom stereocenters. The molecule has 1 amide bonds. The van der Waals surface area contributed by atoms with Crippen molar-refractivity contribution in [3.05, 3.63) is 35.9 Å². The van der Waals surface area contributed by atoms with Crippen LogP contribution in [0.3, 0.4) is 0 Å². The van der Waals surface area contributed by atoms with E-state index in [1.165, 1.54) is 25.9 Å². The molecule has 0 bridgehead atoms. The van der Waals surface area contributed by atoms with E-state index in [0.29, 0.717) is 18.6 Å². The summed E-state index contributed by atoms with van der Waals surface area (Å²) < 4.78 is 5.49. The van der Waals surface area contributed by atoms with Crippen molar-refractivity contribution in [1.82, 2.24) is 9.80 Å². The standard InChI is InChI=1S/C20H30N2O2/c1-16-7-6-11-21(13-16)19-10-12-22(14-17(19)2)20(23)24-15-18-8-4-3-5-9-18/h3-5,8-9,16-17,19H,6-7,10-15H2,1-2H3/t16-,17?,19?/m1/s1. The second-order valence-electron chi connectivity index (χ2n) is 7.56. The first-order chi connectivity index (χ1) is 11.6. The first kappa shape index (κ1) is 17.3. The number of nitrogens with zero attached hydrogens (tertiary/aromatic N) is 2. The van der Waals surface area contributed by atoms with Crippen LogP contribution in [-0.2, 0) is 11.3 Å². The van der Waals surface area contributed by atoms with Gasteiger partial charge in [0, 0.05) is 25.7 Å². The highest BCUT2D eigenvalue weighted by atomic mass is 16.6. The predicted molar refractivity (Wildman–Crippen MR) is 95.7 cm³/mol. The van der Waals surface area contributed by atoms with Gasteiger partial charge in [0.2, 0.25) is 0 Å². The Labute approximate surface area is 145 Å². The van der Waals surface area contributed by atoms with Gasteiger partial charge in [-0.2, -0.15) is 0 Å². The smallest absolute Gasteiger partial charge is 0.410 e. The van der Waals surface area contributed by atoms with E-state index in [1.807, 2.05) is 35.2 Å². The number of carbonyl (C=O) groups is 1. The zero-order valence-corrected chi connectivity index (χ0v) is 15.0. The van der Waals surface area contributed by atoms with Crippen LogP contribution in [0.15, 0.2) is 30.3 Å². The van der Waals surface area contributed by atoms with Gasteiger partial charge in [-0.1, -0.05) is 44.2 Å². The van der Waals surface area contributed by atoms with Crippen molar-refractivity contribution < 1.29 is 9.53 Å². The molecule has 1 aromatic carbocycles. The van der Waals surface area contributed by atoms with Crippen LogP contribution < -0.4 is 0 Å². The maximum Gasteiger partial charge on any atom is 0.410 e. The quantitative estimate of drug-likeness (QED) is 0.846. The third kappa shape index (κ3) is 4.29. The van der Waals surface area contributed by atoms with E-state index in [9.17, 15) is 4.79 Å². The van der Waals surface area contributed by atoms with Crippen LogP contribution >= 0.6 is 0 Å². The van der Waals surface area contributed by atoms with E-state index in [0.717, 1.165) is 31.0 Å². The van der Waals surface area contributed by atoms with Crippen molar-refractivity contribution in [3.63, 3.8) is 0 Å². The minimum atomic E-state index is -0.170. The maximum absolute atomic E-state index is 12.3. The number of hydrogen-bond acceptors (Lipinski definition) is 3. The Kier molecular flexibility index (Phi) is 5.77. The molecule has 4 nitrogen and oxygen atoms in total. The molecule has 0 aliphatic carbocycles. The lowest BCUT2D eigenvalue weighted by atomic mass is 9.89. The molecule has 0 aromatic heterocycles. The molecule has 2 fully saturated rings. The maximum atomic E-state index is 12.3. The van der Waals surface area contributed by atoms with Crippen LogP contribution in [0.5, 0.6) is 0 Å². The molecule has 0 N–H and O–H groups in total. The molecule has 1 aromatic rings. The molecule has 0 radical (unpaired) electrons. The highest BCUT2D eigenvalue weighted by Gasteiger charge is 2.34. The molecule has 0 saturated carbocycles. The summed E-state index contributed by atoms with van der Waals surface area (Å²) >= 11 is 0. The van der Waals surface area contributed by atoms with Crippen LogP contribution in [0.4, 0.5) is 4.79 Å². The van der Waals surface area contributed by atoms with Gasteiger partial charge >= 0.3 is 6.09 Å². The van der Waals surface area contributed by atoms with Gasteiger partial charge < -0.3 is 9.64 Å². The molecule has 3 rings (SSSR count). The van der Waals surface area contributed by atoms with E-state index in [4.69, 9.17) is 4.74 Å². The van der Waals surface area contributed by atoms with Gasteiger partial charge in [0.1, 0.15) is 6.61 Å².